The van der Waals surface area contributed by atoms with Crippen LogP contribution in [0.15, 0.2) is 36.5 Å². The number of carbonyl (C=O) groups is 2. The first-order chi connectivity index (χ1) is 13.0. The quantitative estimate of drug-likeness (QED) is 0.904. The highest BCUT2D eigenvalue weighted by atomic mass is 16.2. The number of nitrogens with one attached hydrogen (secondary N) is 1. The minimum absolute atomic E-state index is 0.0176. The molecule has 4 rings (SSSR count). The molecule has 1 aliphatic carbocycles. The summed E-state index contributed by atoms with van der Waals surface area (Å²) in [4.78, 5) is 27.0. The first-order valence-corrected chi connectivity index (χ1v) is 9.66. The van der Waals surface area contributed by atoms with Gasteiger partial charge < -0.3 is 10.2 Å². The Hall–Kier alpha value is -2.63. The van der Waals surface area contributed by atoms with Gasteiger partial charge in [0.15, 0.2) is 0 Å². The third-order valence-corrected chi connectivity index (χ3v) is 5.97. The molecule has 2 fully saturated rings. The monoisotopic (exact) mass is 366 g/mol. The number of benzene rings is 1. The number of piperidine rings is 1. The van der Waals surface area contributed by atoms with Crippen molar-refractivity contribution in [1.82, 2.24) is 20.0 Å². The van der Waals surface area contributed by atoms with Gasteiger partial charge in [0.2, 0.25) is 5.91 Å². The fourth-order valence-electron chi connectivity index (χ4n) is 3.86. The maximum absolute atomic E-state index is 12.6. The predicted molar refractivity (Wildman–Crippen MR) is 103 cm³/mol. The third-order valence-electron chi connectivity index (χ3n) is 5.97. The van der Waals surface area contributed by atoms with E-state index in [0.717, 1.165) is 37.2 Å². The number of aryl methyl sites for hydroxylation is 1. The minimum Gasteiger partial charge on any atom is -0.341 e. The summed E-state index contributed by atoms with van der Waals surface area (Å²) in [6.45, 7) is 3.40. The topological polar surface area (TPSA) is 67.2 Å². The van der Waals surface area contributed by atoms with Gasteiger partial charge in [-0.05, 0) is 56.2 Å². The number of hydrogen-bond donors (Lipinski definition) is 1. The van der Waals surface area contributed by atoms with Crippen LogP contribution in [0.3, 0.4) is 0 Å². The summed E-state index contributed by atoms with van der Waals surface area (Å²) < 4.78 is 1.74. The Bertz CT molecular complexity index is 841. The fourth-order valence-corrected chi connectivity index (χ4v) is 3.86. The summed E-state index contributed by atoms with van der Waals surface area (Å²) in [6.07, 6.45) is 6.73. The molecule has 1 aromatic carbocycles. The van der Waals surface area contributed by atoms with Gasteiger partial charge >= 0.3 is 0 Å². The zero-order valence-electron chi connectivity index (χ0n) is 15.9. The lowest BCUT2D eigenvalue weighted by Gasteiger charge is -2.33. The number of hydrogen-bond acceptors (Lipinski definition) is 3. The standard InChI is InChI=1S/C21H26N4O2/c1-15(20(27)25-13-10-21(8-9-21)11-14-25)22-19(26)17-5-3-16(4-6-17)18-7-12-24(2)23-18/h3-7,12,15H,8-11,13-14H2,1-2H3,(H,22,26). The Morgan fingerprint density at radius 2 is 1.74 bits per heavy atom. The van der Waals surface area contributed by atoms with E-state index in [1.54, 1.807) is 23.7 Å². The van der Waals surface area contributed by atoms with Crippen LogP contribution in [0.25, 0.3) is 11.3 Å². The van der Waals surface area contributed by atoms with Crippen molar-refractivity contribution in [1.29, 1.82) is 0 Å². The molecule has 27 heavy (non-hydrogen) atoms. The number of amides is 2. The average molecular weight is 366 g/mol. The van der Waals surface area contributed by atoms with Crippen molar-refractivity contribution in [2.75, 3.05) is 13.1 Å². The maximum atomic E-state index is 12.6. The van der Waals surface area contributed by atoms with Gasteiger partial charge in [-0.2, -0.15) is 5.10 Å². The lowest BCUT2D eigenvalue weighted by atomic mass is 9.93. The Labute approximate surface area is 159 Å². The Morgan fingerprint density at radius 1 is 1.07 bits per heavy atom. The second-order valence-corrected chi connectivity index (χ2v) is 7.97. The molecule has 2 aliphatic rings. The van der Waals surface area contributed by atoms with Gasteiger partial charge in [0.1, 0.15) is 6.04 Å². The molecule has 1 saturated carbocycles. The normalized spacial score (nSPS) is 19.0. The molecule has 6 nitrogen and oxygen atoms in total. The van der Waals surface area contributed by atoms with Crippen LogP contribution in [0.1, 0.15) is 43.0 Å². The number of nitrogens with zero attached hydrogens (tertiary/aromatic N) is 3. The Kier molecular flexibility index (Phi) is 4.50. The van der Waals surface area contributed by atoms with Crippen LogP contribution >= 0.6 is 0 Å². The minimum atomic E-state index is -0.513. The van der Waals surface area contributed by atoms with Crippen molar-refractivity contribution >= 4 is 11.8 Å². The van der Waals surface area contributed by atoms with Crippen LogP contribution in [0, 0.1) is 5.41 Å². The highest BCUT2D eigenvalue weighted by Crippen LogP contribution is 2.53. The van der Waals surface area contributed by atoms with Crippen molar-refractivity contribution < 1.29 is 9.59 Å². The molecule has 0 bridgehead atoms. The fraction of sp³-hybridized carbons (Fsp3) is 0.476. The summed E-state index contributed by atoms with van der Waals surface area (Å²) in [5.74, 6) is -0.206. The van der Waals surface area contributed by atoms with Crippen molar-refractivity contribution in [2.24, 2.45) is 12.5 Å². The van der Waals surface area contributed by atoms with Gasteiger partial charge in [0.25, 0.3) is 5.91 Å². The second kappa shape index (κ2) is 6.83. The number of rotatable bonds is 4. The van der Waals surface area contributed by atoms with E-state index >= 15 is 0 Å². The molecule has 2 aromatic rings. The molecule has 2 amide bonds. The van der Waals surface area contributed by atoms with Crippen LogP contribution in [-0.4, -0.2) is 45.6 Å². The van der Waals surface area contributed by atoms with E-state index in [0.29, 0.717) is 11.0 Å². The van der Waals surface area contributed by atoms with Gasteiger partial charge in [-0.3, -0.25) is 14.3 Å². The van der Waals surface area contributed by atoms with Crippen molar-refractivity contribution in [3.63, 3.8) is 0 Å². The number of aromatic nitrogens is 2. The highest BCUT2D eigenvalue weighted by Gasteiger charge is 2.45. The highest BCUT2D eigenvalue weighted by molar-refractivity contribution is 5.97. The van der Waals surface area contributed by atoms with Gasteiger partial charge in [0, 0.05) is 37.5 Å². The molecule has 6 heteroatoms. The van der Waals surface area contributed by atoms with E-state index in [2.05, 4.69) is 10.4 Å². The summed E-state index contributed by atoms with van der Waals surface area (Å²) in [6, 6.07) is 8.72. The molecule has 1 saturated heterocycles. The maximum Gasteiger partial charge on any atom is 0.251 e. The van der Waals surface area contributed by atoms with Crippen LogP contribution in [-0.2, 0) is 11.8 Å². The molecule has 0 radical (unpaired) electrons. The second-order valence-electron chi connectivity index (χ2n) is 7.97. The molecule has 1 atom stereocenters. The average Bonchev–Trinajstić information content (AvgIpc) is 3.29. The van der Waals surface area contributed by atoms with E-state index in [9.17, 15) is 9.59 Å². The van der Waals surface area contributed by atoms with Crippen LogP contribution in [0.2, 0.25) is 0 Å². The summed E-state index contributed by atoms with van der Waals surface area (Å²) >= 11 is 0. The van der Waals surface area contributed by atoms with Crippen molar-refractivity contribution in [2.45, 2.75) is 38.6 Å². The van der Waals surface area contributed by atoms with Gasteiger partial charge in [-0.1, -0.05) is 12.1 Å². The van der Waals surface area contributed by atoms with Gasteiger partial charge in [-0.25, -0.2) is 0 Å². The smallest absolute Gasteiger partial charge is 0.251 e. The summed E-state index contributed by atoms with van der Waals surface area (Å²) in [5.41, 5.74) is 2.91. The lowest BCUT2D eigenvalue weighted by molar-refractivity contribution is -0.134. The molecular weight excluding hydrogens is 340 g/mol. The predicted octanol–water partition coefficient (Wildman–Crippen LogP) is 2.61. The first-order valence-electron chi connectivity index (χ1n) is 9.66. The van der Waals surface area contributed by atoms with Crippen molar-refractivity contribution in [3.8, 4) is 11.3 Å². The zero-order chi connectivity index (χ0) is 19.0. The van der Waals surface area contributed by atoms with Gasteiger partial charge in [0.05, 0.1) is 5.69 Å². The molecule has 142 valence electrons. The largest absolute Gasteiger partial charge is 0.341 e. The van der Waals surface area contributed by atoms with E-state index < -0.39 is 6.04 Å². The van der Waals surface area contributed by atoms with Crippen LogP contribution in [0.4, 0.5) is 0 Å². The first kappa shape index (κ1) is 17.8. The lowest BCUT2D eigenvalue weighted by Crippen LogP contribution is -2.49. The Balaban J connectivity index is 1.34. The van der Waals surface area contributed by atoms with E-state index in [1.165, 1.54) is 12.8 Å². The van der Waals surface area contributed by atoms with E-state index in [4.69, 9.17) is 0 Å². The van der Waals surface area contributed by atoms with E-state index in [-0.39, 0.29) is 11.8 Å². The molecule has 1 aromatic heterocycles. The number of likely N-dealkylation sites (tertiary alicyclic amines) is 1. The van der Waals surface area contributed by atoms with Crippen LogP contribution in [0.5, 0.6) is 0 Å². The third kappa shape index (κ3) is 3.75. The summed E-state index contributed by atoms with van der Waals surface area (Å²) in [7, 11) is 1.87. The zero-order valence-corrected chi connectivity index (χ0v) is 15.9. The SMILES string of the molecule is CC(NC(=O)c1ccc(-c2ccn(C)n2)cc1)C(=O)N1CCC2(CC1)CC2. The van der Waals surface area contributed by atoms with Crippen LogP contribution < -0.4 is 5.32 Å². The molecular formula is C21H26N4O2. The van der Waals surface area contributed by atoms with E-state index in [1.807, 2.05) is 36.3 Å². The molecule has 1 N–H and O–H groups in total. The molecule has 1 unspecified atom stereocenters. The van der Waals surface area contributed by atoms with Gasteiger partial charge in [-0.15, -0.1) is 0 Å². The number of carbonyl (C=O) groups excluding carboxylic acids is 2. The Morgan fingerprint density at radius 3 is 2.30 bits per heavy atom. The summed E-state index contributed by atoms with van der Waals surface area (Å²) in [5, 5.41) is 7.20. The molecule has 2 heterocycles. The molecule has 1 spiro atoms. The molecule has 1 aliphatic heterocycles. The van der Waals surface area contributed by atoms with Crippen molar-refractivity contribution in [3.05, 3.63) is 42.1 Å².